The normalized spacial score (nSPS) is 12.8. The minimum Gasteiger partial charge on any atom is -0.462 e. The van der Waals surface area contributed by atoms with Gasteiger partial charge in [-0.1, -0.05) is 234 Å². The van der Waals surface area contributed by atoms with Crippen molar-refractivity contribution < 1.29 is 28.6 Å². The van der Waals surface area contributed by atoms with Gasteiger partial charge in [0.2, 0.25) is 0 Å². The Morgan fingerprint density at radius 1 is 0.296 bits per heavy atom. The van der Waals surface area contributed by atoms with Crippen molar-refractivity contribution >= 4 is 17.9 Å². The Hall–Kier alpha value is -3.67. The van der Waals surface area contributed by atoms with E-state index in [0.29, 0.717) is 19.3 Å². The Balaban J connectivity index is 4.45. The highest BCUT2D eigenvalue weighted by Crippen LogP contribution is 2.15. The van der Waals surface area contributed by atoms with Crippen LogP contribution in [0.4, 0.5) is 0 Å². The number of esters is 3. The molecule has 0 amide bonds. The molecule has 0 unspecified atom stereocenters. The molecule has 0 N–H and O–H groups in total. The van der Waals surface area contributed by atoms with E-state index < -0.39 is 6.10 Å². The molecule has 0 aromatic heterocycles. The molecule has 0 heterocycles. The van der Waals surface area contributed by atoms with Crippen molar-refractivity contribution in [3.63, 3.8) is 0 Å². The number of carbonyl (C=O) groups is 3. The molecule has 0 saturated carbocycles. The number of allylic oxidation sites excluding steroid dienone is 16. The van der Waals surface area contributed by atoms with E-state index in [2.05, 4.69) is 118 Å². The van der Waals surface area contributed by atoms with Gasteiger partial charge in [-0.2, -0.15) is 0 Å². The van der Waals surface area contributed by atoms with E-state index in [1.807, 2.05) is 0 Å². The molecule has 0 saturated heterocycles. The monoisotopic (exact) mass is 987 g/mol. The van der Waals surface area contributed by atoms with Crippen LogP contribution in [-0.4, -0.2) is 37.2 Å². The van der Waals surface area contributed by atoms with Crippen molar-refractivity contribution in [2.45, 2.75) is 284 Å². The number of hydrogen-bond acceptors (Lipinski definition) is 6. The lowest BCUT2D eigenvalue weighted by Crippen LogP contribution is -2.30. The smallest absolute Gasteiger partial charge is 0.306 e. The van der Waals surface area contributed by atoms with Gasteiger partial charge in [0.25, 0.3) is 0 Å². The highest BCUT2D eigenvalue weighted by molar-refractivity contribution is 5.71. The van der Waals surface area contributed by atoms with Crippen LogP contribution in [0.2, 0.25) is 0 Å². The second-order valence-corrected chi connectivity index (χ2v) is 19.5. The molecule has 1 atom stereocenters. The molecule has 0 aromatic carbocycles. The van der Waals surface area contributed by atoms with E-state index in [4.69, 9.17) is 14.2 Å². The molecule has 406 valence electrons. The average molecular weight is 988 g/mol. The summed E-state index contributed by atoms with van der Waals surface area (Å²) in [6, 6.07) is 0. The highest BCUT2D eigenvalue weighted by atomic mass is 16.6. The first-order valence-corrected chi connectivity index (χ1v) is 29.7. The van der Waals surface area contributed by atoms with Gasteiger partial charge in [-0.25, -0.2) is 0 Å². The summed E-state index contributed by atoms with van der Waals surface area (Å²) in [4.78, 5) is 38.2. The fourth-order valence-corrected chi connectivity index (χ4v) is 8.08. The predicted octanol–water partition coefficient (Wildman–Crippen LogP) is 20.1. The number of rotatable bonds is 53. The minimum absolute atomic E-state index is 0.0951. The third kappa shape index (κ3) is 57.1. The molecule has 6 nitrogen and oxygen atoms in total. The third-order valence-corrected chi connectivity index (χ3v) is 12.5. The molecule has 0 aromatic rings. The van der Waals surface area contributed by atoms with Crippen LogP contribution in [0.1, 0.15) is 278 Å². The lowest BCUT2D eigenvalue weighted by Gasteiger charge is -2.18. The average Bonchev–Trinajstić information content (AvgIpc) is 3.37. The summed E-state index contributed by atoms with van der Waals surface area (Å²) in [5, 5.41) is 0. The van der Waals surface area contributed by atoms with Gasteiger partial charge >= 0.3 is 17.9 Å². The number of ether oxygens (including phenoxy) is 3. The zero-order chi connectivity index (χ0) is 51.4. The number of hydrogen-bond donors (Lipinski definition) is 0. The molecule has 6 heteroatoms. The number of unbranched alkanes of at least 4 members (excludes halogenated alkanes) is 26. The van der Waals surface area contributed by atoms with E-state index in [9.17, 15) is 14.4 Å². The SMILES string of the molecule is CC/C=C\C/C=C\C/C=C\C/C=C\C/C=C\CCCCCC(=O)OC[C@H](COC(=O)CCCCCCCCCCC/C=C\CCCCCCCC)OC(=O)CCCCCCC/C=C\C/C=C\CCCCC. The van der Waals surface area contributed by atoms with Crippen molar-refractivity contribution in [3.8, 4) is 0 Å². The third-order valence-electron chi connectivity index (χ3n) is 12.5. The fourth-order valence-electron chi connectivity index (χ4n) is 8.08. The van der Waals surface area contributed by atoms with Crippen molar-refractivity contribution in [1.82, 2.24) is 0 Å². The van der Waals surface area contributed by atoms with Crippen LogP contribution < -0.4 is 0 Å². The van der Waals surface area contributed by atoms with Crippen LogP contribution in [0, 0.1) is 0 Å². The van der Waals surface area contributed by atoms with Crippen LogP contribution in [-0.2, 0) is 28.6 Å². The second kappa shape index (κ2) is 58.9. The molecule has 0 fully saturated rings. The van der Waals surface area contributed by atoms with E-state index in [1.54, 1.807) is 0 Å². The summed E-state index contributed by atoms with van der Waals surface area (Å²) < 4.78 is 16.9. The van der Waals surface area contributed by atoms with Gasteiger partial charge in [-0.15, -0.1) is 0 Å². The topological polar surface area (TPSA) is 78.9 Å². The zero-order valence-corrected chi connectivity index (χ0v) is 46.5. The maximum absolute atomic E-state index is 12.9. The Morgan fingerprint density at radius 3 is 0.915 bits per heavy atom. The van der Waals surface area contributed by atoms with Crippen LogP contribution in [0.25, 0.3) is 0 Å². The van der Waals surface area contributed by atoms with Gasteiger partial charge in [0.1, 0.15) is 13.2 Å². The molecular formula is C65H110O6. The van der Waals surface area contributed by atoms with Crippen LogP contribution >= 0.6 is 0 Å². The standard InChI is InChI=1S/C65H110O6/c1-4-7-10-13-16-19-22-25-28-30-32-34-37-39-42-45-48-51-54-57-63(66)69-60-62(71-65(68)59-56-53-50-47-44-41-36-27-24-21-18-15-12-9-6-3)61-70-64(67)58-55-52-49-46-43-40-38-35-33-31-29-26-23-20-17-14-11-8-5-2/h7,10,16,18-19,21,25-29,32,34,36,39,42,62H,4-6,8-9,11-15,17,20,22-24,30-31,33,35,37-38,40-41,43-61H2,1-3H3/b10-7-,19-16-,21-18-,28-25-,29-26-,34-32-,36-27-,42-39-/t62-/m1/s1. The minimum atomic E-state index is -0.801. The van der Waals surface area contributed by atoms with Gasteiger partial charge in [0.05, 0.1) is 0 Å². The van der Waals surface area contributed by atoms with Gasteiger partial charge < -0.3 is 14.2 Å². The van der Waals surface area contributed by atoms with Crippen LogP contribution in [0.5, 0.6) is 0 Å². The van der Waals surface area contributed by atoms with Gasteiger partial charge in [0, 0.05) is 19.3 Å². The maximum atomic E-state index is 12.9. The van der Waals surface area contributed by atoms with Gasteiger partial charge in [-0.3, -0.25) is 14.4 Å². The lowest BCUT2D eigenvalue weighted by molar-refractivity contribution is -0.167. The Morgan fingerprint density at radius 2 is 0.549 bits per heavy atom. The fraction of sp³-hybridized carbons (Fsp3) is 0.708. The lowest BCUT2D eigenvalue weighted by atomic mass is 10.1. The summed E-state index contributed by atoms with van der Waals surface area (Å²) in [5.74, 6) is -0.940. The summed E-state index contributed by atoms with van der Waals surface area (Å²) in [5.41, 5.74) is 0. The second-order valence-electron chi connectivity index (χ2n) is 19.5. The van der Waals surface area contributed by atoms with Crippen LogP contribution in [0.3, 0.4) is 0 Å². The van der Waals surface area contributed by atoms with Gasteiger partial charge in [-0.05, 0) is 122 Å². The van der Waals surface area contributed by atoms with E-state index in [0.717, 1.165) is 122 Å². The molecule has 0 aliphatic carbocycles. The predicted molar refractivity (Wildman–Crippen MR) is 307 cm³/mol. The summed E-state index contributed by atoms with van der Waals surface area (Å²) in [6.45, 7) is 6.47. The van der Waals surface area contributed by atoms with Crippen molar-refractivity contribution in [1.29, 1.82) is 0 Å². The largest absolute Gasteiger partial charge is 0.462 e. The molecule has 0 aliphatic heterocycles. The van der Waals surface area contributed by atoms with Crippen LogP contribution in [0.15, 0.2) is 97.2 Å². The van der Waals surface area contributed by atoms with Gasteiger partial charge in [0.15, 0.2) is 6.10 Å². The summed E-state index contributed by atoms with van der Waals surface area (Å²) in [7, 11) is 0. The first kappa shape index (κ1) is 67.3. The molecule has 0 spiro atoms. The molecule has 0 bridgehead atoms. The number of carbonyl (C=O) groups excluding carboxylic acids is 3. The Bertz CT molecular complexity index is 1410. The first-order chi connectivity index (χ1) is 35.0. The van der Waals surface area contributed by atoms with Crippen molar-refractivity contribution in [2.75, 3.05) is 13.2 Å². The molecule has 0 aliphatic rings. The zero-order valence-electron chi connectivity index (χ0n) is 46.5. The van der Waals surface area contributed by atoms with Crippen molar-refractivity contribution in [3.05, 3.63) is 97.2 Å². The molecular weight excluding hydrogens is 877 g/mol. The maximum Gasteiger partial charge on any atom is 0.306 e. The Labute approximate surface area is 438 Å². The summed E-state index contributed by atoms with van der Waals surface area (Å²) in [6.07, 6.45) is 78.2. The molecule has 71 heavy (non-hydrogen) atoms. The van der Waals surface area contributed by atoms with E-state index >= 15 is 0 Å². The Kier molecular flexibility index (Phi) is 55.9. The molecule has 0 radical (unpaired) electrons. The van der Waals surface area contributed by atoms with Crippen molar-refractivity contribution in [2.24, 2.45) is 0 Å². The highest BCUT2D eigenvalue weighted by Gasteiger charge is 2.19. The van der Waals surface area contributed by atoms with E-state index in [1.165, 1.54) is 116 Å². The molecule has 0 rings (SSSR count). The summed E-state index contributed by atoms with van der Waals surface area (Å²) >= 11 is 0. The first-order valence-electron chi connectivity index (χ1n) is 29.7. The quantitative estimate of drug-likeness (QED) is 0.0261. The van der Waals surface area contributed by atoms with E-state index in [-0.39, 0.29) is 31.1 Å².